The monoisotopic (exact) mass is 426 g/mol. The van der Waals surface area contributed by atoms with Crippen LogP contribution >= 0.6 is 0 Å². The van der Waals surface area contributed by atoms with Crippen molar-refractivity contribution in [2.45, 2.75) is 45.8 Å². The minimum atomic E-state index is -2.14. The third-order valence-electron chi connectivity index (χ3n) is 5.91. The predicted molar refractivity (Wildman–Crippen MR) is 111 cm³/mol. The molecule has 1 aromatic heterocycles. The van der Waals surface area contributed by atoms with Crippen molar-refractivity contribution >= 4 is 16.6 Å². The normalized spacial score (nSPS) is 23.4. The molecule has 0 bridgehead atoms. The lowest BCUT2D eigenvalue weighted by Gasteiger charge is -2.37. The third kappa shape index (κ3) is 2.98. The van der Waals surface area contributed by atoms with E-state index < -0.39 is 28.9 Å². The second-order valence-electron chi connectivity index (χ2n) is 8.13. The minimum Gasteiger partial charge on any atom is -0.507 e. The van der Waals surface area contributed by atoms with Crippen molar-refractivity contribution in [2.75, 3.05) is 0 Å². The number of aliphatic hydroxyl groups excluding tert-OH is 1. The Kier molecular flexibility index (Phi) is 4.60. The van der Waals surface area contributed by atoms with Crippen molar-refractivity contribution in [2.24, 2.45) is 0 Å². The lowest BCUT2D eigenvalue weighted by molar-refractivity contribution is -0.141. The lowest BCUT2D eigenvalue weighted by atomic mass is 9.73. The number of aliphatic hydroxyl groups is 2. The number of hydrogen-bond acceptors (Lipinski definition) is 8. The highest BCUT2D eigenvalue weighted by atomic mass is 16.5. The van der Waals surface area contributed by atoms with Crippen LogP contribution < -0.4 is 5.63 Å². The molecular formula is C23H22O8. The summed E-state index contributed by atoms with van der Waals surface area (Å²) in [6.45, 7) is 6.01. The number of allylic oxidation sites excluding steroid dienone is 2. The first-order chi connectivity index (χ1) is 14.4. The Bertz CT molecular complexity index is 1300. The number of ketones is 1. The van der Waals surface area contributed by atoms with Crippen molar-refractivity contribution < 1.29 is 34.4 Å². The highest BCUT2D eigenvalue weighted by Gasteiger charge is 2.48. The molecule has 0 saturated carbocycles. The van der Waals surface area contributed by atoms with Crippen LogP contribution in [-0.4, -0.2) is 37.9 Å². The standard InChI is InChI=1S/C23H22O8/c1-9-5-13-14(20(26)23(4,29)21(27)16(13)8-30-9)7-15-18(24)11(3)12-6-10(2)31-22(28)17(12)19(15)25/h5-6,8,21,24-25,27,29H,7H2,1-4H3/t21-,23-/m0/s1. The van der Waals surface area contributed by atoms with Gasteiger partial charge in [-0.2, -0.15) is 0 Å². The molecule has 1 aliphatic heterocycles. The van der Waals surface area contributed by atoms with Gasteiger partial charge in [-0.15, -0.1) is 0 Å². The molecule has 0 saturated heterocycles. The first-order valence-electron chi connectivity index (χ1n) is 9.66. The van der Waals surface area contributed by atoms with Gasteiger partial charge in [0.05, 0.1) is 6.26 Å². The van der Waals surface area contributed by atoms with E-state index >= 15 is 0 Å². The van der Waals surface area contributed by atoms with Crippen LogP contribution in [0, 0.1) is 13.8 Å². The molecule has 2 heterocycles. The van der Waals surface area contributed by atoms with Gasteiger partial charge in [-0.3, -0.25) is 4.79 Å². The summed E-state index contributed by atoms with van der Waals surface area (Å²) in [4.78, 5) is 25.5. The largest absolute Gasteiger partial charge is 0.507 e. The van der Waals surface area contributed by atoms with Crippen LogP contribution in [0.15, 0.2) is 50.1 Å². The fourth-order valence-electron chi connectivity index (χ4n) is 4.14. The molecular weight excluding hydrogens is 404 g/mol. The average molecular weight is 426 g/mol. The lowest BCUT2D eigenvalue weighted by Crippen LogP contribution is -2.52. The molecule has 8 heteroatoms. The van der Waals surface area contributed by atoms with Gasteiger partial charge in [-0.05, 0) is 51.0 Å². The zero-order valence-corrected chi connectivity index (χ0v) is 17.4. The first-order valence-corrected chi connectivity index (χ1v) is 9.66. The highest BCUT2D eigenvalue weighted by Crippen LogP contribution is 2.43. The van der Waals surface area contributed by atoms with Gasteiger partial charge in [0.25, 0.3) is 0 Å². The van der Waals surface area contributed by atoms with E-state index in [4.69, 9.17) is 9.15 Å². The van der Waals surface area contributed by atoms with Crippen molar-refractivity contribution in [3.63, 3.8) is 0 Å². The zero-order chi connectivity index (χ0) is 22.8. The van der Waals surface area contributed by atoms with Gasteiger partial charge < -0.3 is 29.6 Å². The Labute approximate surface area is 177 Å². The molecule has 2 aromatic rings. The number of aryl methyl sites for hydroxylation is 2. The van der Waals surface area contributed by atoms with Crippen molar-refractivity contribution in [1.82, 2.24) is 0 Å². The van der Waals surface area contributed by atoms with Crippen LogP contribution in [0.25, 0.3) is 10.8 Å². The van der Waals surface area contributed by atoms with E-state index in [1.165, 1.54) is 19.3 Å². The van der Waals surface area contributed by atoms with E-state index in [0.717, 1.165) is 0 Å². The molecule has 1 aliphatic carbocycles. The van der Waals surface area contributed by atoms with Gasteiger partial charge in [0.2, 0.25) is 0 Å². The Hall–Kier alpha value is -3.36. The Balaban J connectivity index is 1.99. The van der Waals surface area contributed by atoms with Crippen LogP contribution in [0.2, 0.25) is 0 Å². The number of ether oxygens (including phenoxy) is 1. The molecule has 0 radical (unpaired) electrons. The highest BCUT2D eigenvalue weighted by molar-refractivity contribution is 6.06. The van der Waals surface area contributed by atoms with Gasteiger partial charge >= 0.3 is 5.63 Å². The summed E-state index contributed by atoms with van der Waals surface area (Å²) in [5.74, 6) is -0.762. The summed E-state index contributed by atoms with van der Waals surface area (Å²) in [6, 6.07) is 1.54. The molecule has 2 atom stereocenters. The molecule has 0 fully saturated rings. The third-order valence-corrected chi connectivity index (χ3v) is 5.91. The molecule has 8 nitrogen and oxygen atoms in total. The van der Waals surface area contributed by atoms with Crippen LogP contribution in [0.4, 0.5) is 0 Å². The van der Waals surface area contributed by atoms with Crippen molar-refractivity contribution in [1.29, 1.82) is 0 Å². The molecule has 1 aromatic carbocycles. The Morgan fingerprint density at radius 1 is 1.13 bits per heavy atom. The van der Waals surface area contributed by atoms with Gasteiger partial charge in [0.15, 0.2) is 11.4 Å². The molecule has 2 aliphatic rings. The molecule has 0 spiro atoms. The van der Waals surface area contributed by atoms with E-state index in [0.29, 0.717) is 28.0 Å². The number of aromatic hydroxyl groups is 2. The number of carbonyl (C=O) groups is 1. The van der Waals surface area contributed by atoms with Gasteiger partial charge in [-0.1, -0.05) is 0 Å². The number of carbonyl (C=O) groups excluding carboxylic acids is 1. The average Bonchev–Trinajstić information content (AvgIpc) is 2.70. The molecule has 0 unspecified atom stereocenters. The quantitative estimate of drug-likeness (QED) is 0.573. The Morgan fingerprint density at radius 3 is 2.48 bits per heavy atom. The van der Waals surface area contributed by atoms with Gasteiger partial charge in [0, 0.05) is 28.5 Å². The van der Waals surface area contributed by atoms with Gasteiger partial charge in [-0.25, -0.2) is 4.79 Å². The topological polar surface area (TPSA) is 137 Å². The van der Waals surface area contributed by atoms with Crippen molar-refractivity contribution in [3.8, 4) is 11.5 Å². The number of phenols is 2. The summed E-state index contributed by atoms with van der Waals surface area (Å²) in [7, 11) is 0. The minimum absolute atomic E-state index is 0.0545. The van der Waals surface area contributed by atoms with Gasteiger partial charge in [0.1, 0.15) is 34.5 Å². The fourth-order valence-corrected chi connectivity index (χ4v) is 4.14. The Morgan fingerprint density at radius 2 is 1.81 bits per heavy atom. The molecule has 4 rings (SSSR count). The van der Waals surface area contributed by atoms with E-state index in [9.17, 15) is 30.0 Å². The first kappa shape index (κ1) is 20.9. The van der Waals surface area contributed by atoms with Crippen LogP contribution in [0.5, 0.6) is 11.5 Å². The second-order valence-corrected chi connectivity index (χ2v) is 8.13. The number of Topliss-reactive ketones (excluding diaryl/α,β-unsaturated/α-hetero) is 1. The van der Waals surface area contributed by atoms with E-state index in [1.54, 1.807) is 26.8 Å². The van der Waals surface area contributed by atoms with E-state index in [-0.39, 0.29) is 34.3 Å². The molecule has 31 heavy (non-hydrogen) atoms. The van der Waals surface area contributed by atoms with E-state index in [2.05, 4.69) is 0 Å². The fraction of sp³-hybridized carbons (Fsp3) is 0.304. The maximum Gasteiger partial charge on any atom is 0.347 e. The van der Waals surface area contributed by atoms with Crippen LogP contribution in [0.1, 0.15) is 30.7 Å². The van der Waals surface area contributed by atoms with Crippen molar-refractivity contribution in [3.05, 3.63) is 68.2 Å². The molecule has 4 N–H and O–H groups in total. The summed E-state index contributed by atoms with van der Waals surface area (Å²) in [5.41, 5.74) is -2.02. The number of benzene rings is 1. The smallest absolute Gasteiger partial charge is 0.347 e. The molecule has 162 valence electrons. The SMILES string of the molecule is CC1=CC2=C(Cc3c(O)c(C)c4cc(C)oc(=O)c4c3O)C(=O)[C@](C)(O)[C@@H](O)C2=CO1. The van der Waals surface area contributed by atoms with Crippen LogP contribution in [0.3, 0.4) is 0 Å². The summed E-state index contributed by atoms with van der Waals surface area (Å²) in [5, 5.41) is 43.1. The second kappa shape index (κ2) is 6.83. The predicted octanol–water partition coefficient (Wildman–Crippen LogP) is 2.17. The molecule has 0 amide bonds. The van der Waals surface area contributed by atoms with Crippen LogP contribution in [-0.2, 0) is 16.0 Å². The summed E-state index contributed by atoms with van der Waals surface area (Å²) < 4.78 is 10.4. The number of fused-ring (bicyclic) bond motifs is 2. The summed E-state index contributed by atoms with van der Waals surface area (Å²) in [6.07, 6.45) is 0.998. The number of rotatable bonds is 2. The number of hydrogen-bond donors (Lipinski definition) is 4. The summed E-state index contributed by atoms with van der Waals surface area (Å²) >= 11 is 0. The van der Waals surface area contributed by atoms with E-state index in [1.807, 2.05) is 0 Å². The maximum atomic E-state index is 13.1. The maximum absolute atomic E-state index is 13.1. The zero-order valence-electron chi connectivity index (χ0n) is 17.4. The number of phenolic OH excluding ortho intramolecular Hbond substituents is 2.